The van der Waals surface area contributed by atoms with Gasteiger partial charge in [0.05, 0.1) is 0 Å². The molecule has 2 aliphatic heterocycles. The molecule has 0 saturated carbocycles. The summed E-state index contributed by atoms with van der Waals surface area (Å²) in [5.41, 5.74) is 1.75. The van der Waals surface area contributed by atoms with Gasteiger partial charge in [-0.15, -0.1) is 0 Å². The van der Waals surface area contributed by atoms with E-state index in [1.165, 1.54) is 35.8 Å². The summed E-state index contributed by atoms with van der Waals surface area (Å²) in [6, 6.07) is 13.0. The predicted molar refractivity (Wildman–Crippen MR) is 154 cm³/mol. The molecule has 2 aromatic heterocycles. The van der Waals surface area contributed by atoms with E-state index in [0.29, 0.717) is 23.1 Å². The lowest BCUT2D eigenvalue weighted by Gasteiger charge is -2.26. The van der Waals surface area contributed by atoms with E-state index in [4.69, 9.17) is 11.6 Å². The molecule has 4 heterocycles. The third-order valence-corrected chi connectivity index (χ3v) is 7.40. The number of nitrogens with one attached hydrogen (secondary N) is 3. The molecule has 0 spiro atoms. The first-order chi connectivity index (χ1) is 19.0. The molecule has 208 valence electrons. The number of aromatic nitrogens is 4. The van der Waals surface area contributed by atoms with Gasteiger partial charge in [-0.25, -0.2) is 18.7 Å². The van der Waals surface area contributed by atoms with Crippen molar-refractivity contribution in [2.45, 2.75) is 12.8 Å². The summed E-state index contributed by atoms with van der Waals surface area (Å²) >= 11 is 8.19. The minimum atomic E-state index is -0.246. The molecule has 2 fully saturated rings. The van der Waals surface area contributed by atoms with Crippen LogP contribution in [0.4, 0.5) is 13.9 Å². The van der Waals surface area contributed by atoms with Crippen LogP contribution in [0.25, 0.3) is 0 Å². The number of piperazine rings is 2. The van der Waals surface area contributed by atoms with Gasteiger partial charge in [0, 0.05) is 76.7 Å². The third-order valence-electron chi connectivity index (χ3n) is 5.75. The van der Waals surface area contributed by atoms with Crippen molar-refractivity contribution in [2.75, 3.05) is 57.3 Å². The van der Waals surface area contributed by atoms with Gasteiger partial charge in [0.1, 0.15) is 23.3 Å². The van der Waals surface area contributed by atoms with E-state index >= 15 is 0 Å². The molecular weight excluding hydrogens is 562 g/mol. The Morgan fingerprint density at radius 2 is 1.23 bits per heavy atom. The van der Waals surface area contributed by atoms with Crippen LogP contribution in [0, 0.1) is 11.6 Å². The van der Waals surface area contributed by atoms with Crippen LogP contribution in [0.15, 0.2) is 48.5 Å². The maximum absolute atomic E-state index is 13.1. The minimum absolute atomic E-state index is 0.213. The molecule has 0 unspecified atom stereocenters. The fourth-order valence-electron chi connectivity index (χ4n) is 3.87. The van der Waals surface area contributed by atoms with E-state index in [0.717, 1.165) is 86.0 Å². The van der Waals surface area contributed by atoms with Crippen molar-refractivity contribution in [2.24, 2.45) is 0 Å². The molecular formula is C26H31ClF2N8S2. The molecule has 0 radical (unpaired) electrons. The number of rotatable bonds is 5. The normalized spacial score (nSPS) is 15.1. The van der Waals surface area contributed by atoms with Crippen molar-refractivity contribution in [1.29, 1.82) is 0 Å². The Morgan fingerprint density at radius 1 is 0.718 bits per heavy atom. The lowest BCUT2D eigenvalue weighted by atomic mass is 10.1. The zero-order valence-electron chi connectivity index (χ0n) is 21.4. The summed E-state index contributed by atoms with van der Waals surface area (Å²) < 4.78 is 34.7. The maximum atomic E-state index is 13.1. The van der Waals surface area contributed by atoms with Gasteiger partial charge in [-0.1, -0.05) is 24.3 Å². The van der Waals surface area contributed by atoms with Crippen LogP contribution in [-0.2, 0) is 12.8 Å². The quantitative estimate of drug-likeness (QED) is 0.323. The molecule has 2 aliphatic rings. The van der Waals surface area contributed by atoms with E-state index in [1.54, 1.807) is 12.1 Å². The Labute approximate surface area is 240 Å². The lowest BCUT2D eigenvalue weighted by molar-refractivity contribution is 0.534. The van der Waals surface area contributed by atoms with Crippen molar-refractivity contribution < 1.29 is 8.78 Å². The zero-order chi connectivity index (χ0) is 27.3. The predicted octanol–water partition coefficient (Wildman–Crippen LogP) is 3.78. The van der Waals surface area contributed by atoms with E-state index in [9.17, 15) is 8.78 Å². The smallest absolute Gasteiger partial charge is 0.205 e. The molecule has 2 aromatic carbocycles. The lowest BCUT2D eigenvalue weighted by Crippen LogP contribution is -2.43. The Hall–Kier alpha value is -2.61. The Kier molecular flexibility index (Phi) is 11.9. The summed E-state index contributed by atoms with van der Waals surface area (Å²) in [5, 5.41) is 10.7. The molecule has 3 N–H and O–H groups in total. The highest BCUT2D eigenvalue weighted by atomic mass is 35.5. The highest BCUT2D eigenvalue weighted by Crippen LogP contribution is 2.19. The monoisotopic (exact) mass is 592 g/mol. The molecule has 0 bridgehead atoms. The van der Waals surface area contributed by atoms with Gasteiger partial charge in [-0.05, 0) is 58.5 Å². The number of benzene rings is 2. The largest absolute Gasteiger partial charge is 0.344 e. The molecule has 0 aliphatic carbocycles. The highest BCUT2D eigenvalue weighted by molar-refractivity contribution is 7.10. The van der Waals surface area contributed by atoms with Crippen LogP contribution >= 0.6 is 34.7 Å². The van der Waals surface area contributed by atoms with E-state index in [2.05, 4.69) is 39.6 Å². The third kappa shape index (κ3) is 10.5. The fraction of sp³-hybridized carbons (Fsp3) is 0.385. The van der Waals surface area contributed by atoms with Crippen LogP contribution in [0.1, 0.15) is 22.8 Å². The van der Waals surface area contributed by atoms with Gasteiger partial charge < -0.3 is 20.9 Å². The SMILES string of the molecule is C1CNCCN1.Fc1cccc(Cc2nsc(Cl)n2)c1.Fc1cccc(Cc2nsc(N3CCNCC3)n2)c1. The molecule has 39 heavy (non-hydrogen) atoms. The second-order valence-corrected chi connectivity index (χ2v) is 10.9. The first kappa shape index (κ1) is 29.4. The first-order valence-electron chi connectivity index (χ1n) is 12.7. The summed E-state index contributed by atoms with van der Waals surface area (Å²) in [5.74, 6) is 0.939. The summed E-state index contributed by atoms with van der Waals surface area (Å²) in [4.78, 5) is 10.8. The van der Waals surface area contributed by atoms with E-state index < -0.39 is 0 Å². The molecule has 8 nitrogen and oxygen atoms in total. The number of hydrogen-bond donors (Lipinski definition) is 3. The number of anilines is 1. The Bertz CT molecular complexity index is 1270. The molecule has 0 atom stereocenters. The number of hydrogen-bond acceptors (Lipinski definition) is 10. The Balaban J connectivity index is 0.000000154. The van der Waals surface area contributed by atoms with Crippen molar-refractivity contribution in [1.82, 2.24) is 34.7 Å². The second kappa shape index (κ2) is 15.8. The highest BCUT2D eigenvalue weighted by Gasteiger charge is 2.15. The topological polar surface area (TPSA) is 90.9 Å². The van der Waals surface area contributed by atoms with Crippen molar-refractivity contribution >= 4 is 39.8 Å². The minimum Gasteiger partial charge on any atom is -0.344 e. The van der Waals surface area contributed by atoms with E-state index in [-0.39, 0.29) is 11.6 Å². The fourth-order valence-corrected chi connectivity index (χ4v) is 5.24. The standard InChI is InChI=1S/C13H15FN4S.C9H6ClFN2S.C4H10N2/c14-11-3-1-2-10(8-11)9-12-16-13(19-17-12)18-6-4-15-5-7-18;10-9-12-8(13-14-9)5-6-2-1-3-7(11)4-6;1-2-6-4-3-5-1/h1-3,8,15H,4-7,9H2;1-4H,5H2;5-6H,1-4H2. The van der Waals surface area contributed by atoms with Crippen LogP contribution < -0.4 is 20.9 Å². The van der Waals surface area contributed by atoms with Crippen molar-refractivity contribution in [3.63, 3.8) is 0 Å². The summed E-state index contributed by atoms with van der Waals surface area (Å²) in [7, 11) is 0. The van der Waals surface area contributed by atoms with E-state index in [1.807, 2.05) is 12.1 Å². The average molecular weight is 593 g/mol. The summed E-state index contributed by atoms with van der Waals surface area (Å²) in [6.07, 6.45) is 1.10. The maximum Gasteiger partial charge on any atom is 0.205 e. The number of halogens is 3. The van der Waals surface area contributed by atoms with Gasteiger partial charge in [0.2, 0.25) is 9.60 Å². The molecule has 4 aromatic rings. The second-order valence-electron chi connectivity index (χ2n) is 8.81. The van der Waals surface area contributed by atoms with Crippen LogP contribution in [0.2, 0.25) is 4.47 Å². The zero-order valence-corrected chi connectivity index (χ0v) is 23.8. The number of nitrogens with zero attached hydrogens (tertiary/aromatic N) is 5. The van der Waals surface area contributed by atoms with Gasteiger partial charge in [0.15, 0.2) is 0 Å². The molecule has 2 saturated heterocycles. The Morgan fingerprint density at radius 3 is 1.72 bits per heavy atom. The van der Waals surface area contributed by atoms with Crippen LogP contribution in [0.3, 0.4) is 0 Å². The van der Waals surface area contributed by atoms with Gasteiger partial charge in [0.25, 0.3) is 0 Å². The van der Waals surface area contributed by atoms with Crippen LogP contribution in [0.5, 0.6) is 0 Å². The average Bonchev–Trinajstić information content (AvgIpc) is 3.60. The summed E-state index contributed by atoms with van der Waals surface area (Å²) in [6.45, 7) is 8.46. The molecule has 13 heteroatoms. The van der Waals surface area contributed by atoms with Crippen molar-refractivity contribution in [3.05, 3.63) is 87.4 Å². The molecule has 6 rings (SSSR count). The van der Waals surface area contributed by atoms with Gasteiger partial charge >= 0.3 is 0 Å². The van der Waals surface area contributed by atoms with Crippen molar-refractivity contribution in [3.8, 4) is 0 Å². The van der Waals surface area contributed by atoms with Crippen LogP contribution in [-0.4, -0.2) is 71.1 Å². The van der Waals surface area contributed by atoms with Gasteiger partial charge in [-0.3, -0.25) is 0 Å². The first-order valence-corrected chi connectivity index (χ1v) is 14.6. The molecule has 0 amide bonds. The van der Waals surface area contributed by atoms with Gasteiger partial charge in [-0.2, -0.15) is 8.75 Å².